The van der Waals surface area contributed by atoms with Crippen LogP contribution in [0.1, 0.15) is 11.8 Å². The SMILES string of the molecule is O=C(NC[C@@H](c1ccco1)N1CCOCC1)C(=O)Nc1cccnc1. The molecule has 2 N–H and O–H groups in total. The molecule has 1 aliphatic rings. The van der Waals surface area contributed by atoms with E-state index < -0.39 is 11.8 Å². The average molecular weight is 344 g/mol. The molecule has 1 saturated heterocycles. The third-order valence-corrected chi connectivity index (χ3v) is 3.94. The molecule has 0 aromatic carbocycles. The molecule has 1 atom stereocenters. The van der Waals surface area contributed by atoms with Crippen molar-refractivity contribution in [3.8, 4) is 0 Å². The van der Waals surface area contributed by atoms with Gasteiger partial charge < -0.3 is 19.8 Å². The highest BCUT2D eigenvalue weighted by Gasteiger charge is 2.26. The molecule has 0 spiro atoms. The highest BCUT2D eigenvalue weighted by Crippen LogP contribution is 2.21. The molecule has 25 heavy (non-hydrogen) atoms. The second-order valence-corrected chi connectivity index (χ2v) is 5.59. The zero-order valence-electron chi connectivity index (χ0n) is 13.7. The van der Waals surface area contributed by atoms with E-state index in [1.165, 1.54) is 6.20 Å². The van der Waals surface area contributed by atoms with Crippen molar-refractivity contribution in [2.75, 3.05) is 38.2 Å². The van der Waals surface area contributed by atoms with Gasteiger partial charge in [0.1, 0.15) is 5.76 Å². The van der Waals surface area contributed by atoms with Crippen LogP contribution in [0.5, 0.6) is 0 Å². The lowest BCUT2D eigenvalue weighted by molar-refractivity contribution is -0.136. The standard InChI is InChI=1S/C17H20N4O4/c22-16(17(23)20-13-3-1-5-18-11-13)19-12-14(15-4-2-8-25-15)21-6-9-24-10-7-21/h1-5,8,11,14H,6-7,9-10,12H2,(H,19,22)(H,20,23)/t14-/m0/s1. The van der Waals surface area contributed by atoms with Crippen molar-refractivity contribution in [3.63, 3.8) is 0 Å². The lowest BCUT2D eigenvalue weighted by atomic mass is 10.1. The Morgan fingerprint density at radius 3 is 2.72 bits per heavy atom. The van der Waals surface area contributed by atoms with Crippen LogP contribution < -0.4 is 10.6 Å². The Kier molecular flexibility index (Phi) is 5.76. The van der Waals surface area contributed by atoms with Crippen LogP contribution in [0, 0.1) is 0 Å². The highest BCUT2D eigenvalue weighted by atomic mass is 16.5. The first-order chi connectivity index (χ1) is 12.2. The summed E-state index contributed by atoms with van der Waals surface area (Å²) in [6.07, 6.45) is 4.66. The van der Waals surface area contributed by atoms with Gasteiger partial charge in [-0.25, -0.2) is 0 Å². The summed E-state index contributed by atoms with van der Waals surface area (Å²) in [5.74, 6) is -0.684. The van der Waals surface area contributed by atoms with Crippen LogP contribution in [0.2, 0.25) is 0 Å². The van der Waals surface area contributed by atoms with Crippen molar-refractivity contribution >= 4 is 17.5 Å². The average Bonchev–Trinajstić information content (AvgIpc) is 3.18. The molecule has 0 radical (unpaired) electrons. The van der Waals surface area contributed by atoms with Crippen LogP contribution in [0.4, 0.5) is 5.69 Å². The maximum Gasteiger partial charge on any atom is 0.313 e. The smallest absolute Gasteiger partial charge is 0.313 e. The van der Waals surface area contributed by atoms with E-state index in [0.717, 1.165) is 18.8 Å². The van der Waals surface area contributed by atoms with E-state index in [2.05, 4.69) is 20.5 Å². The second-order valence-electron chi connectivity index (χ2n) is 5.59. The Bertz CT molecular complexity index is 684. The fourth-order valence-electron chi connectivity index (χ4n) is 2.67. The van der Waals surface area contributed by atoms with E-state index in [9.17, 15) is 9.59 Å². The first-order valence-corrected chi connectivity index (χ1v) is 8.08. The van der Waals surface area contributed by atoms with E-state index >= 15 is 0 Å². The van der Waals surface area contributed by atoms with Crippen LogP contribution >= 0.6 is 0 Å². The van der Waals surface area contributed by atoms with Crippen molar-refractivity contribution < 1.29 is 18.7 Å². The van der Waals surface area contributed by atoms with Crippen molar-refractivity contribution in [1.29, 1.82) is 0 Å². The van der Waals surface area contributed by atoms with Crippen molar-refractivity contribution in [2.24, 2.45) is 0 Å². The van der Waals surface area contributed by atoms with Gasteiger partial charge in [-0.05, 0) is 24.3 Å². The Morgan fingerprint density at radius 2 is 2.04 bits per heavy atom. The lowest BCUT2D eigenvalue weighted by Crippen LogP contribution is -2.45. The van der Waals surface area contributed by atoms with Gasteiger partial charge in [0.2, 0.25) is 0 Å². The first kappa shape index (κ1) is 17.1. The van der Waals surface area contributed by atoms with Crippen LogP contribution in [-0.2, 0) is 14.3 Å². The molecule has 0 aliphatic carbocycles. The molecule has 2 aromatic rings. The minimum absolute atomic E-state index is 0.144. The van der Waals surface area contributed by atoms with Crippen molar-refractivity contribution in [2.45, 2.75) is 6.04 Å². The third-order valence-electron chi connectivity index (χ3n) is 3.94. The number of hydrogen-bond acceptors (Lipinski definition) is 6. The molecule has 1 aliphatic heterocycles. The molecule has 3 rings (SSSR count). The normalized spacial score (nSPS) is 16.2. The predicted molar refractivity (Wildman–Crippen MR) is 89.7 cm³/mol. The number of pyridine rings is 1. The number of ether oxygens (including phenoxy) is 1. The van der Waals surface area contributed by atoms with Gasteiger partial charge in [0, 0.05) is 25.8 Å². The highest BCUT2D eigenvalue weighted by molar-refractivity contribution is 6.39. The summed E-state index contributed by atoms with van der Waals surface area (Å²) < 4.78 is 10.9. The topological polar surface area (TPSA) is 96.7 Å². The molecule has 132 valence electrons. The largest absolute Gasteiger partial charge is 0.468 e. The molecule has 0 bridgehead atoms. The molecule has 8 nitrogen and oxygen atoms in total. The monoisotopic (exact) mass is 344 g/mol. The Labute approximate surface area is 145 Å². The molecule has 0 unspecified atom stereocenters. The van der Waals surface area contributed by atoms with Gasteiger partial charge in [-0.3, -0.25) is 19.5 Å². The van der Waals surface area contributed by atoms with Crippen molar-refractivity contribution in [1.82, 2.24) is 15.2 Å². The molecule has 8 heteroatoms. The minimum Gasteiger partial charge on any atom is -0.468 e. The minimum atomic E-state index is -0.729. The number of furan rings is 1. The van der Waals surface area contributed by atoms with E-state index in [1.807, 2.05) is 6.07 Å². The van der Waals surface area contributed by atoms with Crippen molar-refractivity contribution in [3.05, 3.63) is 48.7 Å². The van der Waals surface area contributed by atoms with Gasteiger partial charge in [0.05, 0.1) is 37.4 Å². The summed E-state index contributed by atoms with van der Waals surface area (Å²) in [5.41, 5.74) is 0.471. The van der Waals surface area contributed by atoms with Crippen LogP contribution in [0.25, 0.3) is 0 Å². The molecule has 2 amide bonds. The van der Waals surface area contributed by atoms with E-state index in [1.54, 1.807) is 30.7 Å². The Balaban J connectivity index is 1.58. The quantitative estimate of drug-likeness (QED) is 0.779. The zero-order valence-corrected chi connectivity index (χ0v) is 13.7. The number of morpholine rings is 1. The van der Waals surface area contributed by atoms with E-state index in [4.69, 9.17) is 9.15 Å². The van der Waals surface area contributed by atoms with Gasteiger partial charge in [-0.1, -0.05) is 0 Å². The maximum atomic E-state index is 12.1. The number of carbonyl (C=O) groups excluding carboxylic acids is 2. The van der Waals surface area contributed by atoms with Gasteiger partial charge >= 0.3 is 11.8 Å². The fourth-order valence-corrected chi connectivity index (χ4v) is 2.67. The number of rotatable bonds is 5. The van der Waals surface area contributed by atoms with E-state index in [0.29, 0.717) is 18.9 Å². The molecule has 1 fully saturated rings. The van der Waals surface area contributed by atoms with Crippen LogP contribution in [0.15, 0.2) is 47.3 Å². The molecule has 2 aromatic heterocycles. The molecular weight excluding hydrogens is 324 g/mol. The van der Waals surface area contributed by atoms with E-state index in [-0.39, 0.29) is 12.6 Å². The van der Waals surface area contributed by atoms with Crippen LogP contribution in [-0.4, -0.2) is 54.5 Å². The van der Waals surface area contributed by atoms with Gasteiger partial charge in [0.15, 0.2) is 0 Å². The van der Waals surface area contributed by atoms with Gasteiger partial charge in [-0.15, -0.1) is 0 Å². The summed E-state index contributed by atoms with van der Waals surface area (Å²) in [6.45, 7) is 3.01. The maximum absolute atomic E-state index is 12.1. The second kappa shape index (κ2) is 8.41. The number of nitrogens with zero attached hydrogens (tertiary/aromatic N) is 2. The third kappa shape index (κ3) is 4.65. The summed E-state index contributed by atoms with van der Waals surface area (Å²) in [5, 5.41) is 5.18. The summed E-state index contributed by atoms with van der Waals surface area (Å²) in [7, 11) is 0. The summed E-state index contributed by atoms with van der Waals surface area (Å²) >= 11 is 0. The predicted octanol–water partition coefficient (Wildman–Crippen LogP) is 0.803. The van der Waals surface area contributed by atoms with Crippen LogP contribution in [0.3, 0.4) is 0 Å². The number of nitrogens with one attached hydrogen (secondary N) is 2. The number of hydrogen-bond donors (Lipinski definition) is 2. The number of anilines is 1. The number of aromatic nitrogens is 1. The molecular formula is C17H20N4O4. The number of amides is 2. The fraction of sp³-hybridized carbons (Fsp3) is 0.353. The molecule has 3 heterocycles. The first-order valence-electron chi connectivity index (χ1n) is 8.08. The number of carbonyl (C=O) groups is 2. The Morgan fingerprint density at radius 1 is 1.20 bits per heavy atom. The Hall–Kier alpha value is -2.71. The van der Waals surface area contributed by atoms with Gasteiger partial charge in [-0.2, -0.15) is 0 Å². The summed E-state index contributed by atoms with van der Waals surface area (Å²) in [4.78, 5) is 30.1. The lowest BCUT2D eigenvalue weighted by Gasteiger charge is -2.33. The summed E-state index contributed by atoms with van der Waals surface area (Å²) in [6, 6.07) is 6.87. The van der Waals surface area contributed by atoms with Gasteiger partial charge in [0.25, 0.3) is 0 Å². The molecule has 0 saturated carbocycles. The zero-order chi connectivity index (χ0) is 17.5.